The largest absolute Gasteiger partial charge is 0.461 e. The van der Waals surface area contributed by atoms with Crippen LogP contribution in [-0.4, -0.2) is 36.7 Å². The lowest BCUT2D eigenvalue weighted by Crippen LogP contribution is -2.65. The first-order valence-electron chi connectivity index (χ1n) is 13.4. The standard InChI is InChI=1S/C27H37BO5/c1-25-12-10-19(29)14-17(25)8-9-20-21-11-13-27(26(21,2)15-22(30)24(20)25)23(31)16-32-28(33-27)18-6-4-3-5-7-18/h14,18,20-21,24H,3-13,15-16H2,1-2H3. The molecule has 0 radical (unpaired) electrons. The Kier molecular flexibility index (Phi) is 5.13. The summed E-state index contributed by atoms with van der Waals surface area (Å²) in [5.74, 6) is 1.48. The maximum absolute atomic E-state index is 13.9. The van der Waals surface area contributed by atoms with E-state index in [1.807, 2.05) is 6.08 Å². The predicted molar refractivity (Wildman–Crippen MR) is 124 cm³/mol. The van der Waals surface area contributed by atoms with Crippen molar-refractivity contribution in [3.05, 3.63) is 11.6 Å². The molecule has 6 aliphatic rings. The second kappa shape index (κ2) is 7.62. The molecule has 1 saturated heterocycles. The molecular weight excluding hydrogens is 415 g/mol. The Balaban J connectivity index is 1.33. The minimum atomic E-state index is -0.877. The van der Waals surface area contributed by atoms with E-state index in [9.17, 15) is 14.4 Å². The Hall–Kier alpha value is -1.27. The lowest BCUT2D eigenvalue weighted by molar-refractivity contribution is -0.174. The summed E-state index contributed by atoms with van der Waals surface area (Å²) in [5, 5.41) is 0. The number of hydrogen-bond acceptors (Lipinski definition) is 5. The number of rotatable bonds is 1. The minimum absolute atomic E-state index is 0.0251. The summed E-state index contributed by atoms with van der Waals surface area (Å²) in [7, 11) is -0.311. The molecule has 4 saturated carbocycles. The van der Waals surface area contributed by atoms with E-state index in [-0.39, 0.29) is 42.5 Å². The third kappa shape index (κ3) is 3.02. The van der Waals surface area contributed by atoms with Crippen molar-refractivity contribution in [2.24, 2.45) is 28.6 Å². The van der Waals surface area contributed by atoms with Crippen LogP contribution >= 0.6 is 0 Å². The van der Waals surface area contributed by atoms with Gasteiger partial charge in [0.25, 0.3) is 0 Å². The third-order valence-corrected chi connectivity index (χ3v) is 11.0. The van der Waals surface area contributed by atoms with Gasteiger partial charge in [-0.25, -0.2) is 0 Å². The van der Waals surface area contributed by atoms with Crippen LogP contribution in [0.3, 0.4) is 0 Å². The van der Waals surface area contributed by atoms with E-state index < -0.39 is 11.0 Å². The first-order valence-corrected chi connectivity index (χ1v) is 13.4. The van der Waals surface area contributed by atoms with Crippen molar-refractivity contribution < 1.29 is 23.7 Å². The van der Waals surface area contributed by atoms with Gasteiger partial charge in [-0.15, -0.1) is 0 Å². The molecule has 0 aromatic rings. The van der Waals surface area contributed by atoms with Crippen molar-refractivity contribution in [3.8, 4) is 0 Å². The molecule has 0 bridgehead atoms. The molecule has 1 aliphatic heterocycles. The van der Waals surface area contributed by atoms with Gasteiger partial charge < -0.3 is 9.31 Å². The Labute approximate surface area is 197 Å². The van der Waals surface area contributed by atoms with Gasteiger partial charge in [0.1, 0.15) is 11.4 Å². The molecule has 0 aromatic heterocycles. The quantitative estimate of drug-likeness (QED) is 0.531. The summed E-state index contributed by atoms with van der Waals surface area (Å²) in [5.41, 5.74) is -0.337. The molecule has 0 aromatic carbocycles. The van der Waals surface area contributed by atoms with E-state index >= 15 is 0 Å². The molecule has 0 N–H and O–H groups in total. The summed E-state index contributed by atoms with van der Waals surface area (Å²) in [6.07, 6.45) is 13.0. The fourth-order valence-corrected chi connectivity index (χ4v) is 9.23. The molecule has 6 rings (SSSR count). The molecule has 0 amide bonds. The van der Waals surface area contributed by atoms with Crippen LogP contribution in [0.2, 0.25) is 5.82 Å². The van der Waals surface area contributed by atoms with Crippen LogP contribution in [0.1, 0.15) is 90.9 Å². The van der Waals surface area contributed by atoms with E-state index in [0.29, 0.717) is 36.8 Å². The van der Waals surface area contributed by atoms with Crippen molar-refractivity contribution in [1.82, 2.24) is 0 Å². The van der Waals surface area contributed by atoms with Gasteiger partial charge in [-0.2, -0.15) is 0 Å². The van der Waals surface area contributed by atoms with E-state index in [4.69, 9.17) is 9.31 Å². The number of fused-ring (bicyclic) bond motifs is 6. The zero-order valence-electron chi connectivity index (χ0n) is 20.2. The summed E-state index contributed by atoms with van der Waals surface area (Å²) in [6.45, 7) is 4.53. The SMILES string of the molecule is CC12CCC(=O)C=C1CCC1C2C(=O)CC2(C)C1CCC21OB(C2CCCCC2)OCC1=O. The van der Waals surface area contributed by atoms with Gasteiger partial charge >= 0.3 is 7.12 Å². The monoisotopic (exact) mass is 452 g/mol. The molecule has 6 heteroatoms. The Morgan fingerprint density at radius 3 is 2.55 bits per heavy atom. The number of carbonyl (C=O) groups is 3. The summed E-state index contributed by atoms with van der Waals surface area (Å²) in [6, 6.07) is 0. The van der Waals surface area contributed by atoms with Crippen LogP contribution in [0, 0.1) is 28.6 Å². The highest BCUT2D eigenvalue weighted by molar-refractivity contribution is 6.48. The van der Waals surface area contributed by atoms with Crippen molar-refractivity contribution in [1.29, 1.82) is 0 Å². The average Bonchev–Trinajstić information content (AvgIpc) is 3.08. The van der Waals surface area contributed by atoms with Gasteiger partial charge in [0.15, 0.2) is 11.6 Å². The maximum atomic E-state index is 13.9. The smallest absolute Gasteiger partial charge is 0.403 e. The number of Topliss-reactive ketones (excluding diaryl/α,β-unsaturated/α-hetero) is 2. The van der Waals surface area contributed by atoms with Gasteiger partial charge in [-0.05, 0) is 61.2 Å². The van der Waals surface area contributed by atoms with Gasteiger partial charge in [0.05, 0.1) is 6.61 Å². The summed E-state index contributed by atoms with van der Waals surface area (Å²) >= 11 is 0. The molecule has 5 aliphatic carbocycles. The number of carbonyl (C=O) groups excluding carboxylic acids is 3. The van der Waals surface area contributed by atoms with Crippen LogP contribution in [0.4, 0.5) is 0 Å². The molecule has 6 unspecified atom stereocenters. The van der Waals surface area contributed by atoms with Crippen molar-refractivity contribution in [3.63, 3.8) is 0 Å². The molecule has 5 nitrogen and oxygen atoms in total. The van der Waals surface area contributed by atoms with Crippen LogP contribution in [0.25, 0.3) is 0 Å². The number of hydrogen-bond donors (Lipinski definition) is 0. The molecule has 178 valence electrons. The minimum Gasteiger partial charge on any atom is -0.403 e. The lowest BCUT2D eigenvalue weighted by atomic mass is 9.45. The second-order valence-corrected chi connectivity index (χ2v) is 12.4. The molecule has 5 fully saturated rings. The van der Waals surface area contributed by atoms with Gasteiger partial charge in [-0.1, -0.05) is 51.5 Å². The van der Waals surface area contributed by atoms with E-state index in [0.717, 1.165) is 38.5 Å². The van der Waals surface area contributed by atoms with Gasteiger partial charge in [0, 0.05) is 24.2 Å². The van der Waals surface area contributed by atoms with Crippen LogP contribution in [-0.2, 0) is 23.7 Å². The predicted octanol–water partition coefficient (Wildman–Crippen LogP) is 4.87. The average molecular weight is 452 g/mol. The molecule has 6 atom stereocenters. The highest BCUT2D eigenvalue weighted by Gasteiger charge is 2.71. The van der Waals surface area contributed by atoms with E-state index in [1.165, 1.54) is 24.8 Å². The zero-order valence-corrected chi connectivity index (χ0v) is 20.2. The Morgan fingerprint density at radius 2 is 1.76 bits per heavy atom. The summed E-state index contributed by atoms with van der Waals surface area (Å²) < 4.78 is 12.7. The first kappa shape index (κ1) is 22.2. The lowest BCUT2D eigenvalue weighted by Gasteiger charge is -2.59. The van der Waals surface area contributed by atoms with Crippen LogP contribution in [0.5, 0.6) is 0 Å². The Morgan fingerprint density at radius 1 is 0.970 bits per heavy atom. The van der Waals surface area contributed by atoms with E-state index in [1.54, 1.807) is 0 Å². The number of ketones is 3. The highest BCUT2D eigenvalue weighted by Crippen LogP contribution is 2.68. The van der Waals surface area contributed by atoms with Crippen LogP contribution in [0.15, 0.2) is 11.6 Å². The Bertz CT molecular complexity index is 921. The van der Waals surface area contributed by atoms with Gasteiger partial charge in [0.2, 0.25) is 0 Å². The van der Waals surface area contributed by atoms with E-state index in [2.05, 4.69) is 13.8 Å². The number of allylic oxidation sites excluding steroid dienone is 1. The fourth-order valence-electron chi connectivity index (χ4n) is 9.23. The second-order valence-electron chi connectivity index (χ2n) is 12.4. The first-order chi connectivity index (χ1) is 15.8. The maximum Gasteiger partial charge on any atom is 0.461 e. The van der Waals surface area contributed by atoms with Crippen molar-refractivity contribution in [2.45, 2.75) is 102 Å². The molecule has 33 heavy (non-hydrogen) atoms. The van der Waals surface area contributed by atoms with Crippen molar-refractivity contribution in [2.75, 3.05) is 6.61 Å². The fraction of sp³-hybridized carbons (Fsp3) is 0.815. The zero-order chi connectivity index (χ0) is 23.0. The van der Waals surface area contributed by atoms with Crippen LogP contribution < -0.4 is 0 Å². The molecular formula is C27H37BO5. The normalized spacial score (nSPS) is 46.1. The molecule has 1 spiro atoms. The third-order valence-electron chi connectivity index (χ3n) is 11.0. The summed E-state index contributed by atoms with van der Waals surface area (Å²) in [4.78, 5) is 39.5. The molecule has 1 heterocycles. The van der Waals surface area contributed by atoms with Gasteiger partial charge in [-0.3, -0.25) is 14.4 Å². The van der Waals surface area contributed by atoms with Crippen molar-refractivity contribution >= 4 is 24.5 Å². The highest BCUT2D eigenvalue weighted by atomic mass is 16.6. The topological polar surface area (TPSA) is 69.7 Å².